The van der Waals surface area contributed by atoms with Gasteiger partial charge < -0.3 is 5.32 Å². The lowest BCUT2D eigenvalue weighted by Gasteiger charge is -2.10. The molecular weight excluding hydrogens is 314 g/mol. The Morgan fingerprint density at radius 2 is 2.04 bits per heavy atom. The number of rotatable bonds is 6. The highest BCUT2D eigenvalue weighted by Crippen LogP contribution is 2.20. The van der Waals surface area contributed by atoms with E-state index in [0.717, 1.165) is 5.56 Å². The fraction of sp³-hybridized carbons (Fsp3) is 0.250. The van der Waals surface area contributed by atoms with Crippen molar-refractivity contribution in [1.29, 1.82) is 0 Å². The number of aromatic nitrogens is 1. The molecule has 0 atom stereocenters. The number of aryl methyl sites for hydroxylation is 2. The quantitative estimate of drug-likeness (QED) is 0.845. The summed E-state index contributed by atoms with van der Waals surface area (Å²) in [5.74, 6) is -0.175. The van der Waals surface area contributed by atoms with Gasteiger partial charge in [-0.2, -0.15) is 0 Å². The van der Waals surface area contributed by atoms with Gasteiger partial charge in [0.2, 0.25) is 15.9 Å². The van der Waals surface area contributed by atoms with Crippen molar-refractivity contribution in [2.24, 2.45) is 0 Å². The number of carbonyl (C=O) groups excluding carboxylic acids is 1. The highest BCUT2D eigenvalue weighted by Gasteiger charge is 2.15. The Labute approximate surface area is 136 Å². The summed E-state index contributed by atoms with van der Waals surface area (Å²) >= 11 is 0. The van der Waals surface area contributed by atoms with Crippen LogP contribution in [0.1, 0.15) is 17.5 Å². The van der Waals surface area contributed by atoms with E-state index in [1.54, 1.807) is 31.5 Å². The average Bonchev–Trinajstić information content (AvgIpc) is 2.55. The Hall–Kier alpha value is -2.25. The van der Waals surface area contributed by atoms with Gasteiger partial charge in [0.05, 0.1) is 4.90 Å². The number of pyridine rings is 1. The lowest BCUT2D eigenvalue weighted by molar-refractivity contribution is -0.116. The van der Waals surface area contributed by atoms with Crippen LogP contribution in [-0.4, -0.2) is 26.4 Å². The summed E-state index contributed by atoms with van der Waals surface area (Å²) in [7, 11) is -2.20. The summed E-state index contributed by atoms with van der Waals surface area (Å²) in [5.41, 5.74) is 2.05. The average molecular weight is 333 g/mol. The van der Waals surface area contributed by atoms with Crippen LogP contribution in [0.4, 0.5) is 5.69 Å². The second kappa shape index (κ2) is 7.34. The molecule has 2 aromatic rings. The lowest BCUT2D eigenvalue weighted by Crippen LogP contribution is -2.20. The predicted molar refractivity (Wildman–Crippen MR) is 88.6 cm³/mol. The molecule has 7 heteroatoms. The molecule has 1 heterocycles. The molecule has 0 radical (unpaired) electrons. The summed E-state index contributed by atoms with van der Waals surface area (Å²) in [6.07, 6.45) is 4.28. The van der Waals surface area contributed by atoms with Crippen LogP contribution < -0.4 is 10.0 Å². The van der Waals surface area contributed by atoms with Crippen molar-refractivity contribution < 1.29 is 13.2 Å². The summed E-state index contributed by atoms with van der Waals surface area (Å²) < 4.78 is 26.2. The molecule has 0 aliphatic rings. The maximum absolute atomic E-state index is 12.0. The largest absolute Gasteiger partial charge is 0.326 e. The molecule has 0 aliphatic heterocycles. The Morgan fingerprint density at radius 1 is 1.26 bits per heavy atom. The number of nitrogens with zero attached hydrogens (tertiary/aromatic N) is 1. The first-order chi connectivity index (χ1) is 10.9. The smallest absolute Gasteiger partial charge is 0.240 e. The van der Waals surface area contributed by atoms with Crippen LogP contribution in [0.25, 0.3) is 0 Å². The van der Waals surface area contributed by atoms with Crippen molar-refractivity contribution in [1.82, 2.24) is 9.71 Å². The minimum Gasteiger partial charge on any atom is -0.326 e. The number of sulfonamides is 1. The zero-order valence-electron chi connectivity index (χ0n) is 13.0. The van der Waals surface area contributed by atoms with Crippen molar-refractivity contribution in [3.05, 3.63) is 53.9 Å². The molecule has 0 spiro atoms. The van der Waals surface area contributed by atoms with Crippen LogP contribution in [0.2, 0.25) is 0 Å². The SMILES string of the molecule is CNS(=O)(=O)c1cc(NC(=O)CCc2cccnc2)ccc1C. The first-order valence-electron chi connectivity index (χ1n) is 7.15. The number of benzene rings is 1. The monoisotopic (exact) mass is 333 g/mol. The summed E-state index contributed by atoms with van der Waals surface area (Å²) in [6, 6.07) is 8.54. The number of amides is 1. The van der Waals surface area contributed by atoms with Crippen molar-refractivity contribution >= 4 is 21.6 Å². The van der Waals surface area contributed by atoms with Gasteiger partial charge in [0.1, 0.15) is 0 Å². The fourth-order valence-corrected chi connectivity index (χ4v) is 3.10. The second-order valence-electron chi connectivity index (χ2n) is 5.10. The first-order valence-corrected chi connectivity index (χ1v) is 8.63. The Balaban J connectivity index is 2.05. The highest BCUT2D eigenvalue weighted by atomic mass is 32.2. The standard InChI is InChI=1S/C16H19N3O3S/c1-12-5-7-14(10-15(12)23(21,22)17-2)19-16(20)8-6-13-4-3-9-18-11-13/h3-5,7,9-11,17H,6,8H2,1-2H3,(H,19,20). The van der Waals surface area contributed by atoms with Crippen LogP contribution in [0.3, 0.4) is 0 Å². The van der Waals surface area contributed by atoms with Gasteiger partial charge in [0, 0.05) is 24.5 Å². The summed E-state index contributed by atoms with van der Waals surface area (Å²) in [6.45, 7) is 1.71. The van der Waals surface area contributed by atoms with E-state index in [2.05, 4.69) is 15.0 Å². The van der Waals surface area contributed by atoms with E-state index >= 15 is 0 Å². The van der Waals surface area contributed by atoms with Gasteiger partial charge in [-0.15, -0.1) is 0 Å². The number of hydrogen-bond acceptors (Lipinski definition) is 4. The summed E-state index contributed by atoms with van der Waals surface area (Å²) in [5, 5.41) is 2.72. The van der Waals surface area contributed by atoms with Gasteiger partial charge in [-0.05, 0) is 49.7 Å². The molecule has 0 aliphatic carbocycles. The molecule has 2 rings (SSSR count). The molecule has 1 aromatic carbocycles. The van der Waals surface area contributed by atoms with Crippen LogP contribution >= 0.6 is 0 Å². The van der Waals surface area contributed by atoms with E-state index < -0.39 is 10.0 Å². The minimum atomic E-state index is -3.55. The lowest BCUT2D eigenvalue weighted by atomic mass is 10.1. The Kier molecular flexibility index (Phi) is 5.46. The molecule has 0 unspecified atom stereocenters. The normalized spacial score (nSPS) is 11.2. The molecule has 23 heavy (non-hydrogen) atoms. The van der Waals surface area contributed by atoms with Crippen LogP contribution in [0.15, 0.2) is 47.6 Å². The van der Waals surface area contributed by atoms with Gasteiger partial charge >= 0.3 is 0 Å². The zero-order valence-corrected chi connectivity index (χ0v) is 13.9. The van der Waals surface area contributed by atoms with E-state index in [0.29, 0.717) is 24.1 Å². The second-order valence-corrected chi connectivity index (χ2v) is 6.95. The predicted octanol–water partition coefficient (Wildman–Crippen LogP) is 1.87. The number of carbonyl (C=O) groups is 1. The molecule has 0 saturated carbocycles. The maximum atomic E-state index is 12.0. The van der Waals surface area contributed by atoms with E-state index in [1.807, 2.05) is 12.1 Å². The van der Waals surface area contributed by atoms with Crippen molar-refractivity contribution in [3.63, 3.8) is 0 Å². The molecule has 0 fully saturated rings. The third kappa shape index (κ3) is 4.61. The third-order valence-electron chi connectivity index (χ3n) is 3.39. The van der Waals surface area contributed by atoms with E-state index in [9.17, 15) is 13.2 Å². The Morgan fingerprint density at radius 3 is 2.70 bits per heavy atom. The number of nitrogens with one attached hydrogen (secondary N) is 2. The van der Waals surface area contributed by atoms with E-state index in [1.165, 1.54) is 13.1 Å². The van der Waals surface area contributed by atoms with Crippen LogP contribution in [0.5, 0.6) is 0 Å². The van der Waals surface area contributed by atoms with E-state index in [4.69, 9.17) is 0 Å². The van der Waals surface area contributed by atoms with Crippen molar-refractivity contribution in [3.8, 4) is 0 Å². The van der Waals surface area contributed by atoms with Crippen molar-refractivity contribution in [2.75, 3.05) is 12.4 Å². The van der Waals surface area contributed by atoms with E-state index in [-0.39, 0.29) is 10.8 Å². The topological polar surface area (TPSA) is 88.2 Å². The summed E-state index contributed by atoms with van der Waals surface area (Å²) in [4.78, 5) is 16.2. The third-order valence-corrected chi connectivity index (χ3v) is 4.95. The first kappa shape index (κ1) is 17.1. The molecule has 122 valence electrons. The number of hydrogen-bond donors (Lipinski definition) is 2. The van der Waals surface area contributed by atoms with Gasteiger partial charge in [-0.3, -0.25) is 9.78 Å². The maximum Gasteiger partial charge on any atom is 0.240 e. The Bertz CT molecular complexity index is 789. The molecular formula is C16H19N3O3S. The molecule has 6 nitrogen and oxygen atoms in total. The van der Waals surface area contributed by atoms with Crippen LogP contribution in [-0.2, 0) is 21.2 Å². The highest BCUT2D eigenvalue weighted by molar-refractivity contribution is 7.89. The minimum absolute atomic E-state index is 0.157. The van der Waals surface area contributed by atoms with Crippen molar-refractivity contribution in [2.45, 2.75) is 24.7 Å². The molecule has 0 bridgehead atoms. The fourth-order valence-electron chi connectivity index (χ4n) is 2.10. The van der Waals surface area contributed by atoms with Gasteiger partial charge in [0.25, 0.3) is 0 Å². The van der Waals surface area contributed by atoms with Gasteiger partial charge in [0.15, 0.2) is 0 Å². The zero-order chi connectivity index (χ0) is 16.9. The number of anilines is 1. The molecule has 0 saturated heterocycles. The van der Waals surface area contributed by atoms with Gasteiger partial charge in [-0.25, -0.2) is 13.1 Å². The van der Waals surface area contributed by atoms with Gasteiger partial charge in [-0.1, -0.05) is 12.1 Å². The molecule has 1 aromatic heterocycles. The molecule has 2 N–H and O–H groups in total. The molecule has 1 amide bonds. The van der Waals surface area contributed by atoms with Crippen LogP contribution in [0, 0.1) is 6.92 Å².